The van der Waals surface area contributed by atoms with Crippen LogP contribution in [-0.2, 0) is 33.3 Å². The summed E-state index contributed by atoms with van der Waals surface area (Å²) >= 11 is 0. The van der Waals surface area contributed by atoms with Gasteiger partial charge in [-0.2, -0.15) is 0 Å². The van der Waals surface area contributed by atoms with E-state index in [0.29, 0.717) is 13.0 Å². The van der Waals surface area contributed by atoms with E-state index in [1.807, 2.05) is 42.2 Å². The number of rotatable bonds is 4. The average molecular weight is 542 g/mol. The predicted molar refractivity (Wildman–Crippen MR) is 144 cm³/mol. The lowest BCUT2D eigenvalue weighted by atomic mass is 9.76. The van der Waals surface area contributed by atoms with Crippen molar-refractivity contribution in [3.63, 3.8) is 0 Å². The lowest BCUT2D eigenvalue weighted by Crippen LogP contribution is -2.69. The maximum atomic E-state index is 13.9. The summed E-state index contributed by atoms with van der Waals surface area (Å²) in [5, 5.41) is 0. The van der Waals surface area contributed by atoms with Gasteiger partial charge in [0.05, 0.1) is 12.1 Å². The molecule has 0 spiro atoms. The van der Waals surface area contributed by atoms with Gasteiger partial charge in [0, 0.05) is 38.6 Å². The van der Waals surface area contributed by atoms with Crippen molar-refractivity contribution in [2.75, 3.05) is 62.0 Å². The first-order valence-electron chi connectivity index (χ1n) is 13.9. The molecule has 38 heavy (non-hydrogen) atoms. The summed E-state index contributed by atoms with van der Waals surface area (Å²) in [4.78, 5) is 33.7. The van der Waals surface area contributed by atoms with Gasteiger partial charge in [0.2, 0.25) is 0 Å². The van der Waals surface area contributed by atoms with E-state index in [-0.39, 0.29) is 42.6 Å². The number of ether oxygens (including phenoxy) is 5. The number of carbonyl (C=O) groups is 2. The maximum Gasteiger partial charge on any atom is 0.319 e. The molecule has 0 aliphatic carbocycles. The summed E-state index contributed by atoms with van der Waals surface area (Å²) in [6, 6.07) is 0.0233. The number of cyclic esters (lactones) is 1. The summed E-state index contributed by atoms with van der Waals surface area (Å²) in [6.45, 7) is 10.9. The van der Waals surface area contributed by atoms with Crippen LogP contribution in [0.1, 0.15) is 47.5 Å². The van der Waals surface area contributed by atoms with Gasteiger partial charge in [0.25, 0.3) is 0 Å². The second-order valence-electron chi connectivity index (χ2n) is 12.8. The van der Waals surface area contributed by atoms with Gasteiger partial charge < -0.3 is 33.5 Å². The van der Waals surface area contributed by atoms with Crippen molar-refractivity contribution < 1.29 is 33.3 Å². The second kappa shape index (κ2) is 12.2. The number of Topliss-reactive ketones (excluding diaryl/α,β-unsaturated/α-hetero) is 1. The number of esters is 1. The van der Waals surface area contributed by atoms with Gasteiger partial charge in [0.15, 0.2) is 17.9 Å². The standard InChI is InChI=1S/C28H51N3O7/c1-17-13-28(34-11)24(37-25-22(38-28)21(30(8)9)12-18(2)36-25)19(3)23(32)27(4,5)26(33)35-16-20(15-29(6)7)31(10)14-17/h17-22,24-25H,12-16H2,1-11H3/t17-,18-,19+,20+,21+,22-,24-,25+,28+/m1/s1. The number of methoxy groups -OCH3 is 1. The summed E-state index contributed by atoms with van der Waals surface area (Å²) in [5.74, 6) is -2.58. The first-order chi connectivity index (χ1) is 17.6. The molecule has 3 fully saturated rings. The minimum absolute atomic E-state index is 0.0318. The number of ketones is 1. The Kier molecular flexibility index (Phi) is 10.0. The Bertz CT molecular complexity index is 837. The Morgan fingerprint density at radius 2 is 1.74 bits per heavy atom. The second-order valence-corrected chi connectivity index (χ2v) is 12.8. The fraction of sp³-hybridized carbons (Fsp3) is 0.929. The number of hydrogen-bond acceptors (Lipinski definition) is 10. The van der Waals surface area contributed by atoms with Gasteiger partial charge in [-0.25, -0.2) is 0 Å². The molecule has 0 unspecified atom stereocenters. The molecule has 9 atom stereocenters. The lowest BCUT2D eigenvalue weighted by Gasteiger charge is -2.55. The Morgan fingerprint density at radius 3 is 2.32 bits per heavy atom. The van der Waals surface area contributed by atoms with Crippen molar-refractivity contribution in [1.29, 1.82) is 0 Å². The molecular formula is C28H51N3O7. The van der Waals surface area contributed by atoms with Gasteiger partial charge in [0.1, 0.15) is 24.2 Å². The molecule has 10 nitrogen and oxygen atoms in total. The van der Waals surface area contributed by atoms with Crippen molar-refractivity contribution in [3.8, 4) is 0 Å². The van der Waals surface area contributed by atoms with E-state index in [9.17, 15) is 9.59 Å². The molecule has 220 valence electrons. The maximum absolute atomic E-state index is 13.9. The van der Waals surface area contributed by atoms with Crippen LogP contribution in [0.25, 0.3) is 0 Å². The van der Waals surface area contributed by atoms with E-state index in [1.165, 1.54) is 0 Å². The van der Waals surface area contributed by atoms with Crippen LogP contribution in [0.5, 0.6) is 0 Å². The van der Waals surface area contributed by atoms with Crippen molar-refractivity contribution >= 4 is 11.8 Å². The molecule has 3 aliphatic rings. The van der Waals surface area contributed by atoms with Gasteiger partial charge in [-0.15, -0.1) is 0 Å². The van der Waals surface area contributed by atoms with E-state index in [0.717, 1.165) is 13.0 Å². The van der Waals surface area contributed by atoms with Crippen LogP contribution in [0.3, 0.4) is 0 Å². The van der Waals surface area contributed by atoms with Crippen LogP contribution in [-0.4, -0.2) is 131 Å². The molecule has 3 saturated heterocycles. The zero-order valence-electron chi connectivity index (χ0n) is 25.4. The van der Waals surface area contributed by atoms with Gasteiger partial charge in [-0.3, -0.25) is 14.5 Å². The molecule has 3 heterocycles. The molecule has 0 amide bonds. The van der Waals surface area contributed by atoms with Crippen molar-refractivity contribution in [1.82, 2.24) is 14.7 Å². The Hall–Kier alpha value is -1.14. The predicted octanol–water partition coefficient (Wildman–Crippen LogP) is 1.85. The smallest absolute Gasteiger partial charge is 0.319 e. The molecule has 0 saturated carbocycles. The number of nitrogens with zero attached hydrogens (tertiary/aromatic N) is 3. The average Bonchev–Trinajstić information content (AvgIpc) is 2.83. The summed E-state index contributed by atoms with van der Waals surface area (Å²) in [7, 11) is 11.7. The summed E-state index contributed by atoms with van der Waals surface area (Å²) in [5.41, 5.74) is -1.37. The topological polar surface area (TPSA) is 90.0 Å². The third-order valence-corrected chi connectivity index (χ3v) is 8.48. The van der Waals surface area contributed by atoms with E-state index in [4.69, 9.17) is 23.7 Å². The largest absolute Gasteiger partial charge is 0.463 e. The highest BCUT2D eigenvalue weighted by Gasteiger charge is 2.59. The molecular weight excluding hydrogens is 490 g/mol. The molecule has 0 aromatic carbocycles. The van der Waals surface area contributed by atoms with Gasteiger partial charge >= 0.3 is 5.97 Å². The third kappa shape index (κ3) is 6.43. The quantitative estimate of drug-likeness (QED) is 0.388. The highest BCUT2D eigenvalue weighted by molar-refractivity contribution is 6.04. The summed E-state index contributed by atoms with van der Waals surface area (Å²) in [6.07, 6.45) is -0.537. The third-order valence-electron chi connectivity index (χ3n) is 8.48. The monoisotopic (exact) mass is 541 g/mol. The SMILES string of the molecule is CO[C@]12C[C@@H](C)CN(C)[C@@H](CN(C)C)COC(=O)C(C)(C)C(=O)[C@H](C)[C@H]1O[C@@H]1O[C@H](C)C[C@H](N(C)C)[C@H]1O2. The molecule has 0 bridgehead atoms. The van der Waals surface area contributed by atoms with E-state index in [1.54, 1.807) is 27.9 Å². The van der Waals surface area contributed by atoms with E-state index in [2.05, 4.69) is 21.6 Å². The molecule has 0 aromatic heterocycles. The summed E-state index contributed by atoms with van der Waals surface area (Å²) < 4.78 is 31.7. The van der Waals surface area contributed by atoms with Gasteiger partial charge in [-0.05, 0) is 68.3 Å². The van der Waals surface area contributed by atoms with E-state index >= 15 is 0 Å². The van der Waals surface area contributed by atoms with Crippen molar-refractivity contribution in [2.24, 2.45) is 17.3 Å². The number of hydrogen-bond donors (Lipinski definition) is 0. The Morgan fingerprint density at radius 1 is 1.08 bits per heavy atom. The Labute approximate surface area is 229 Å². The van der Waals surface area contributed by atoms with Crippen LogP contribution in [0, 0.1) is 17.3 Å². The van der Waals surface area contributed by atoms with E-state index < -0.39 is 35.5 Å². The molecule has 0 aromatic rings. The number of fused-ring (bicyclic) bond motifs is 2. The Balaban J connectivity index is 2.06. The molecule has 0 N–H and O–H groups in total. The van der Waals surface area contributed by atoms with Crippen LogP contribution in [0.2, 0.25) is 0 Å². The van der Waals surface area contributed by atoms with Gasteiger partial charge in [-0.1, -0.05) is 13.8 Å². The fourth-order valence-electron chi connectivity index (χ4n) is 6.31. The van der Waals surface area contributed by atoms with Crippen molar-refractivity contribution in [3.05, 3.63) is 0 Å². The highest BCUT2D eigenvalue weighted by atomic mass is 16.8. The zero-order valence-corrected chi connectivity index (χ0v) is 25.4. The lowest BCUT2D eigenvalue weighted by molar-refractivity contribution is -0.424. The normalized spacial score (nSPS) is 41.5. The molecule has 3 rings (SSSR count). The van der Waals surface area contributed by atoms with Crippen LogP contribution >= 0.6 is 0 Å². The van der Waals surface area contributed by atoms with Crippen LogP contribution in [0.4, 0.5) is 0 Å². The highest BCUT2D eigenvalue weighted by Crippen LogP contribution is 2.44. The zero-order chi connectivity index (χ0) is 28.6. The van der Waals surface area contributed by atoms with Crippen LogP contribution in [0.15, 0.2) is 0 Å². The number of carbonyl (C=O) groups excluding carboxylic acids is 2. The minimum atomic E-state index is -1.37. The number of likely N-dealkylation sites (N-methyl/N-ethyl adjacent to an activating group) is 3. The molecule has 10 heteroatoms. The van der Waals surface area contributed by atoms with Crippen molar-refractivity contribution in [2.45, 2.75) is 89.9 Å². The first-order valence-corrected chi connectivity index (χ1v) is 13.9. The molecule has 0 radical (unpaired) electrons. The van der Waals surface area contributed by atoms with Crippen LogP contribution < -0.4 is 0 Å². The first kappa shape index (κ1) is 31.4. The molecule has 3 aliphatic heterocycles. The fourth-order valence-corrected chi connectivity index (χ4v) is 6.31. The minimum Gasteiger partial charge on any atom is -0.463 e.